The van der Waals surface area contributed by atoms with Crippen molar-refractivity contribution in [1.82, 2.24) is 9.80 Å². The first kappa shape index (κ1) is 17.6. The molecule has 2 aliphatic carbocycles. The SMILES string of the molecule is CN1CCN(C(=O)c2cccc3c2C2Cc4ccccc4C3C2)CC1.Cl. The van der Waals surface area contributed by atoms with Crippen molar-refractivity contribution in [3.63, 3.8) is 0 Å². The lowest BCUT2D eigenvalue weighted by molar-refractivity contribution is 0.0662. The van der Waals surface area contributed by atoms with E-state index in [2.05, 4.69) is 54.4 Å². The van der Waals surface area contributed by atoms with Crippen LogP contribution in [0.1, 0.15) is 50.9 Å². The van der Waals surface area contributed by atoms with Crippen LogP contribution in [0, 0.1) is 0 Å². The second-order valence-corrected chi connectivity index (χ2v) is 7.79. The molecule has 0 spiro atoms. The van der Waals surface area contributed by atoms with Gasteiger partial charge in [-0.15, -0.1) is 12.4 Å². The number of fused-ring (bicyclic) bond motifs is 7. The second-order valence-electron chi connectivity index (χ2n) is 7.79. The molecule has 1 saturated heterocycles. The fourth-order valence-corrected chi connectivity index (χ4v) is 5.04. The summed E-state index contributed by atoms with van der Waals surface area (Å²) in [6.45, 7) is 3.62. The van der Waals surface area contributed by atoms with E-state index in [1.807, 2.05) is 4.90 Å². The normalized spacial score (nSPS) is 23.8. The van der Waals surface area contributed by atoms with E-state index in [-0.39, 0.29) is 18.3 Å². The zero-order valence-corrected chi connectivity index (χ0v) is 16.0. The van der Waals surface area contributed by atoms with Crippen LogP contribution >= 0.6 is 12.4 Å². The van der Waals surface area contributed by atoms with Gasteiger partial charge in [0.25, 0.3) is 5.91 Å². The molecule has 136 valence electrons. The molecule has 1 heterocycles. The molecule has 2 aromatic carbocycles. The fourth-order valence-electron chi connectivity index (χ4n) is 5.04. The summed E-state index contributed by atoms with van der Waals surface area (Å²) < 4.78 is 0. The van der Waals surface area contributed by atoms with Crippen molar-refractivity contribution in [3.05, 3.63) is 70.3 Å². The summed E-state index contributed by atoms with van der Waals surface area (Å²) in [5.41, 5.74) is 6.64. The highest BCUT2D eigenvalue weighted by Gasteiger charge is 2.40. The molecule has 1 aliphatic heterocycles. The summed E-state index contributed by atoms with van der Waals surface area (Å²) >= 11 is 0. The number of halogens is 1. The van der Waals surface area contributed by atoms with E-state index < -0.39 is 0 Å². The molecule has 1 fully saturated rings. The second kappa shape index (κ2) is 6.71. The number of amides is 1. The average Bonchev–Trinajstić information content (AvgIpc) is 2.95. The zero-order chi connectivity index (χ0) is 17.0. The van der Waals surface area contributed by atoms with Crippen LogP contribution in [0.15, 0.2) is 42.5 Å². The van der Waals surface area contributed by atoms with Crippen LogP contribution in [-0.4, -0.2) is 48.9 Å². The maximum Gasteiger partial charge on any atom is 0.254 e. The molecule has 2 bridgehead atoms. The van der Waals surface area contributed by atoms with Gasteiger partial charge < -0.3 is 9.80 Å². The number of carbonyl (C=O) groups excluding carboxylic acids is 1. The largest absolute Gasteiger partial charge is 0.336 e. The molecule has 3 aliphatic rings. The zero-order valence-electron chi connectivity index (χ0n) is 15.1. The number of rotatable bonds is 1. The first-order valence-corrected chi connectivity index (χ1v) is 9.41. The van der Waals surface area contributed by atoms with E-state index >= 15 is 0 Å². The van der Waals surface area contributed by atoms with Crippen LogP contribution in [0.4, 0.5) is 0 Å². The van der Waals surface area contributed by atoms with Gasteiger partial charge in [0.2, 0.25) is 0 Å². The topological polar surface area (TPSA) is 23.6 Å². The van der Waals surface area contributed by atoms with E-state index in [9.17, 15) is 4.79 Å². The standard InChI is InChI=1S/C22H24N2O.ClH/c1-23-9-11-24(12-10-23)22(25)19-8-4-7-18-20-14-16(21(18)19)13-15-5-2-3-6-17(15)20;/h2-8,16,20H,9-14H2,1H3;1H. The van der Waals surface area contributed by atoms with Gasteiger partial charge in [-0.3, -0.25) is 4.79 Å². The minimum Gasteiger partial charge on any atom is -0.336 e. The predicted molar refractivity (Wildman–Crippen MR) is 106 cm³/mol. The van der Waals surface area contributed by atoms with Crippen LogP contribution < -0.4 is 0 Å². The summed E-state index contributed by atoms with van der Waals surface area (Å²) in [4.78, 5) is 17.6. The minimum absolute atomic E-state index is 0. The molecule has 5 rings (SSSR count). The highest BCUT2D eigenvalue weighted by atomic mass is 35.5. The number of piperazine rings is 1. The Morgan fingerprint density at radius 1 is 0.962 bits per heavy atom. The quantitative estimate of drug-likeness (QED) is 0.766. The minimum atomic E-state index is 0. The Morgan fingerprint density at radius 3 is 2.50 bits per heavy atom. The molecular formula is C22H25ClN2O. The van der Waals surface area contributed by atoms with Gasteiger partial charge in [-0.2, -0.15) is 0 Å². The number of benzene rings is 2. The van der Waals surface area contributed by atoms with Gasteiger partial charge in [0, 0.05) is 37.7 Å². The third kappa shape index (κ3) is 2.65. The molecule has 0 aromatic heterocycles. The van der Waals surface area contributed by atoms with Gasteiger partial charge in [-0.25, -0.2) is 0 Å². The number of likely N-dealkylation sites (N-methyl/N-ethyl adjacent to an activating group) is 1. The number of hydrogen-bond donors (Lipinski definition) is 0. The van der Waals surface area contributed by atoms with Crippen LogP contribution in [0.25, 0.3) is 0 Å². The summed E-state index contributed by atoms with van der Waals surface area (Å²) in [5.74, 6) is 1.22. The monoisotopic (exact) mass is 368 g/mol. The first-order chi connectivity index (χ1) is 12.2. The summed E-state index contributed by atoms with van der Waals surface area (Å²) in [5, 5.41) is 0. The molecule has 1 amide bonds. The van der Waals surface area contributed by atoms with Crippen LogP contribution in [0.3, 0.4) is 0 Å². The van der Waals surface area contributed by atoms with Crippen LogP contribution in [0.5, 0.6) is 0 Å². The number of nitrogens with zero attached hydrogens (tertiary/aromatic N) is 2. The lowest BCUT2D eigenvalue weighted by Gasteiger charge is -2.33. The van der Waals surface area contributed by atoms with Crippen molar-refractivity contribution in [2.24, 2.45) is 0 Å². The van der Waals surface area contributed by atoms with Gasteiger partial charge in [-0.05, 0) is 54.1 Å². The Kier molecular flexibility index (Phi) is 4.54. The third-order valence-corrected chi connectivity index (χ3v) is 6.36. The molecule has 26 heavy (non-hydrogen) atoms. The Hall–Kier alpha value is -1.84. The molecular weight excluding hydrogens is 344 g/mol. The Balaban J connectivity index is 0.00000168. The molecule has 2 aromatic rings. The maximum absolute atomic E-state index is 13.2. The van der Waals surface area contributed by atoms with Gasteiger partial charge in [0.05, 0.1) is 0 Å². The van der Waals surface area contributed by atoms with Crippen molar-refractivity contribution >= 4 is 18.3 Å². The lowest BCUT2D eigenvalue weighted by Crippen LogP contribution is -2.47. The predicted octanol–water partition coefficient (Wildman–Crippen LogP) is 3.67. The maximum atomic E-state index is 13.2. The van der Waals surface area contributed by atoms with Gasteiger partial charge in [-0.1, -0.05) is 36.4 Å². The molecule has 2 atom stereocenters. The Morgan fingerprint density at radius 2 is 1.69 bits per heavy atom. The molecule has 0 radical (unpaired) electrons. The van der Waals surface area contributed by atoms with Gasteiger partial charge in [0.1, 0.15) is 0 Å². The summed E-state index contributed by atoms with van der Waals surface area (Å²) in [6, 6.07) is 15.2. The highest BCUT2D eigenvalue weighted by molar-refractivity contribution is 5.97. The molecule has 3 nitrogen and oxygen atoms in total. The van der Waals surface area contributed by atoms with Gasteiger partial charge in [0.15, 0.2) is 0 Å². The van der Waals surface area contributed by atoms with Gasteiger partial charge >= 0.3 is 0 Å². The Labute approximate surface area is 161 Å². The fraction of sp³-hybridized carbons (Fsp3) is 0.409. The molecule has 4 heteroatoms. The summed E-state index contributed by atoms with van der Waals surface area (Å²) in [6.07, 6.45) is 2.24. The van der Waals surface area contributed by atoms with Crippen molar-refractivity contribution < 1.29 is 4.79 Å². The summed E-state index contributed by atoms with van der Waals surface area (Å²) in [7, 11) is 2.13. The number of hydrogen-bond acceptors (Lipinski definition) is 2. The van der Waals surface area contributed by atoms with E-state index in [1.54, 1.807) is 0 Å². The molecule has 0 saturated carbocycles. The molecule has 2 unspecified atom stereocenters. The smallest absolute Gasteiger partial charge is 0.254 e. The van der Waals surface area contributed by atoms with Crippen molar-refractivity contribution in [3.8, 4) is 0 Å². The van der Waals surface area contributed by atoms with Crippen molar-refractivity contribution in [2.45, 2.75) is 24.7 Å². The van der Waals surface area contributed by atoms with Crippen LogP contribution in [-0.2, 0) is 6.42 Å². The third-order valence-electron chi connectivity index (χ3n) is 6.36. The number of carbonyl (C=O) groups is 1. The first-order valence-electron chi connectivity index (χ1n) is 9.41. The van der Waals surface area contributed by atoms with E-state index in [0.717, 1.165) is 38.2 Å². The molecule has 0 N–H and O–H groups in total. The lowest BCUT2D eigenvalue weighted by atomic mass is 9.81. The van der Waals surface area contributed by atoms with E-state index in [0.29, 0.717) is 11.8 Å². The van der Waals surface area contributed by atoms with E-state index in [1.165, 1.54) is 28.7 Å². The van der Waals surface area contributed by atoms with E-state index in [4.69, 9.17) is 0 Å². The average molecular weight is 369 g/mol. The van der Waals surface area contributed by atoms with Crippen LogP contribution in [0.2, 0.25) is 0 Å². The van der Waals surface area contributed by atoms with Crippen molar-refractivity contribution in [1.29, 1.82) is 0 Å². The highest BCUT2D eigenvalue weighted by Crippen LogP contribution is 2.52. The van der Waals surface area contributed by atoms with Crippen molar-refractivity contribution in [2.75, 3.05) is 33.2 Å². The Bertz CT molecular complexity index is 842.